The Balaban J connectivity index is 3.24. The van der Waals surface area contributed by atoms with Gasteiger partial charge in [-0.2, -0.15) is 4.31 Å². The van der Waals surface area contributed by atoms with Crippen LogP contribution in [-0.4, -0.2) is 41.8 Å². The van der Waals surface area contributed by atoms with E-state index in [0.717, 1.165) is 10.4 Å². The molecule has 1 heterocycles. The first-order chi connectivity index (χ1) is 9.55. The Bertz CT molecular complexity index is 655. The molecule has 0 spiro atoms. The van der Waals surface area contributed by atoms with Crippen LogP contribution in [0, 0.1) is 16.0 Å². The van der Waals surface area contributed by atoms with Crippen LogP contribution in [0.25, 0.3) is 0 Å². The van der Waals surface area contributed by atoms with Gasteiger partial charge in [-0.3, -0.25) is 14.9 Å². The smallest absolute Gasteiger partial charge is 0.318 e. The molecule has 0 unspecified atom stereocenters. The summed E-state index contributed by atoms with van der Waals surface area (Å²) in [6.45, 7) is 2.73. The van der Waals surface area contributed by atoms with Crippen LogP contribution < -0.4 is 0 Å². The van der Waals surface area contributed by atoms with Crippen LogP contribution in [0.4, 0.5) is 5.69 Å². The molecule has 0 fully saturated rings. The standard InChI is InChI=1S/C10H13ClN2O6S2/c1-6(2)4-12(5-8(14)15)21(18,19)9-3-7(13(16)17)10(11)20-9/h3,6H,4-5H2,1-2H3,(H,14,15). The highest BCUT2D eigenvalue weighted by atomic mass is 35.5. The average molecular weight is 357 g/mol. The van der Waals surface area contributed by atoms with Crippen LogP contribution in [0.1, 0.15) is 13.8 Å². The number of aliphatic carboxylic acids is 1. The molecule has 118 valence electrons. The summed E-state index contributed by atoms with van der Waals surface area (Å²) in [6, 6.07) is 0.845. The quantitative estimate of drug-likeness (QED) is 0.590. The Morgan fingerprint density at radius 1 is 1.57 bits per heavy atom. The van der Waals surface area contributed by atoms with Gasteiger partial charge in [-0.25, -0.2) is 8.42 Å². The van der Waals surface area contributed by atoms with Crippen molar-refractivity contribution in [1.82, 2.24) is 4.31 Å². The Morgan fingerprint density at radius 3 is 2.52 bits per heavy atom. The lowest BCUT2D eigenvalue weighted by molar-refractivity contribution is -0.384. The van der Waals surface area contributed by atoms with Crippen molar-refractivity contribution in [2.45, 2.75) is 18.1 Å². The largest absolute Gasteiger partial charge is 0.480 e. The molecule has 0 aliphatic heterocycles. The van der Waals surface area contributed by atoms with Crippen molar-refractivity contribution >= 4 is 44.6 Å². The predicted molar refractivity (Wildman–Crippen MR) is 77.2 cm³/mol. The maximum Gasteiger partial charge on any atom is 0.318 e. The number of hydrogen-bond acceptors (Lipinski definition) is 6. The zero-order valence-corrected chi connectivity index (χ0v) is 13.5. The number of hydrogen-bond donors (Lipinski definition) is 1. The molecule has 0 saturated heterocycles. The highest BCUT2D eigenvalue weighted by molar-refractivity contribution is 7.91. The van der Waals surface area contributed by atoms with Crippen molar-refractivity contribution in [2.75, 3.05) is 13.1 Å². The SMILES string of the molecule is CC(C)CN(CC(=O)O)S(=O)(=O)c1cc([N+](=O)[O-])c(Cl)s1. The lowest BCUT2D eigenvalue weighted by Gasteiger charge is -2.21. The molecule has 8 nitrogen and oxygen atoms in total. The molecule has 0 amide bonds. The number of sulfonamides is 1. The fraction of sp³-hybridized carbons (Fsp3) is 0.500. The lowest BCUT2D eigenvalue weighted by Crippen LogP contribution is -2.37. The van der Waals surface area contributed by atoms with Crippen molar-refractivity contribution < 1.29 is 23.2 Å². The molecule has 0 aliphatic rings. The van der Waals surface area contributed by atoms with Gasteiger partial charge in [-0.05, 0) is 5.92 Å². The first kappa shape index (κ1) is 17.8. The summed E-state index contributed by atoms with van der Waals surface area (Å²) >= 11 is 6.17. The van der Waals surface area contributed by atoms with Gasteiger partial charge in [0, 0.05) is 12.6 Å². The van der Waals surface area contributed by atoms with Crippen LogP contribution in [0.3, 0.4) is 0 Å². The number of nitro groups is 1. The van der Waals surface area contributed by atoms with E-state index in [0.29, 0.717) is 11.3 Å². The molecule has 1 N–H and O–H groups in total. The van der Waals surface area contributed by atoms with E-state index in [1.165, 1.54) is 0 Å². The summed E-state index contributed by atoms with van der Waals surface area (Å²) in [5.74, 6) is -1.42. The molecule has 1 aromatic heterocycles. The molecule has 0 bridgehead atoms. The maximum absolute atomic E-state index is 12.4. The van der Waals surface area contributed by atoms with E-state index in [-0.39, 0.29) is 21.0 Å². The van der Waals surface area contributed by atoms with Crippen LogP contribution in [0.2, 0.25) is 4.34 Å². The molecule has 0 saturated carbocycles. The average Bonchev–Trinajstić information content (AvgIpc) is 2.70. The highest BCUT2D eigenvalue weighted by Gasteiger charge is 2.32. The summed E-state index contributed by atoms with van der Waals surface area (Å²) in [5.41, 5.74) is -0.514. The van der Waals surface area contributed by atoms with Gasteiger partial charge in [0.25, 0.3) is 15.7 Å². The fourth-order valence-corrected chi connectivity index (χ4v) is 4.90. The summed E-state index contributed by atoms with van der Waals surface area (Å²) in [6.07, 6.45) is 0. The van der Waals surface area contributed by atoms with Crippen LogP contribution in [0.5, 0.6) is 0 Å². The molecule has 1 aromatic rings. The van der Waals surface area contributed by atoms with Gasteiger partial charge in [0.1, 0.15) is 10.8 Å². The molecule has 11 heteroatoms. The van der Waals surface area contributed by atoms with E-state index < -0.39 is 33.1 Å². The maximum atomic E-state index is 12.4. The van der Waals surface area contributed by atoms with Crippen molar-refractivity contribution in [3.8, 4) is 0 Å². The fourth-order valence-electron chi connectivity index (χ4n) is 1.52. The van der Waals surface area contributed by atoms with E-state index >= 15 is 0 Å². The van der Waals surface area contributed by atoms with Crippen molar-refractivity contribution in [2.24, 2.45) is 5.92 Å². The first-order valence-electron chi connectivity index (χ1n) is 5.71. The molecular formula is C10H13ClN2O6S2. The van der Waals surface area contributed by atoms with E-state index in [1.54, 1.807) is 13.8 Å². The van der Waals surface area contributed by atoms with Crippen LogP contribution in [-0.2, 0) is 14.8 Å². The first-order valence-corrected chi connectivity index (χ1v) is 8.34. The highest BCUT2D eigenvalue weighted by Crippen LogP contribution is 2.37. The molecule has 0 radical (unpaired) electrons. The number of halogens is 1. The Kier molecular flexibility index (Phi) is 5.68. The number of nitrogens with zero attached hydrogens (tertiary/aromatic N) is 2. The van der Waals surface area contributed by atoms with Gasteiger partial charge in [-0.15, -0.1) is 11.3 Å². The zero-order chi connectivity index (χ0) is 16.4. The van der Waals surface area contributed by atoms with Crippen LogP contribution in [0.15, 0.2) is 10.3 Å². The Morgan fingerprint density at radius 2 is 2.14 bits per heavy atom. The summed E-state index contributed by atoms with van der Waals surface area (Å²) in [5, 5.41) is 19.5. The van der Waals surface area contributed by atoms with Gasteiger partial charge in [0.05, 0.1) is 4.92 Å². The van der Waals surface area contributed by atoms with Crippen molar-refractivity contribution in [3.05, 3.63) is 20.5 Å². The van der Waals surface area contributed by atoms with Gasteiger partial charge in [-0.1, -0.05) is 25.4 Å². The molecule has 1 rings (SSSR count). The van der Waals surface area contributed by atoms with Crippen molar-refractivity contribution in [3.63, 3.8) is 0 Å². The van der Waals surface area contributed by atoms with E-state index in [9.17, 15) is 23.3 Å². The monoisotopic (exact) mass is 356 g/mol. The Hall–Kier alpha value is -1.23. The van der Waals surface area contributed by atoms with Gasteiger partial charge >= 0.3 is 5.97 Å². The minimum atomic E-state index is -4.14. The third-order valence-corrected chi connectivity index (χ3v) is 5.92. The second-order valence-corrected chi connectivity index (χ2v) is 8.39. The second kappa shape index (κ2) is 6.69. The second-order valence-electron chi connectivity index (χ2n) is 4.57. The van der Waals surface area contributed by atoms with Gasteiger partial charge < -0.3 is 5.11 Å². The minimum absolute atomic E-state index is 0.0159. The van der Waals surface area contributed by atoms with E-state index in [4.69, 9.17) is 16.7 Å². The zero-order valence-electron chi connectivity index (χ0n) is 11.1. The number of carboxylic acids is 1. The number of carbonyl (C=O) groups is 1. The summed E-state index contributed by atoms with van der Waals surface area (Å²) in [7, 11) is -4.14. The predicted octanol–water partition coefficient (Wildman–Crippen LogP) is 2.04. The molecule has 21 heavy (non-hydrogen) atoms. The Labute approximate surface area is 130 Å². The summed E-state index contributed by atoms with van der Waals surface area (Å²) < 4.78 is 24.9. The normalized spacial score (nSPS) is 12.0. The van der Waals surface area contributed by atoms with Crippen molar-refractivity contribution in [1.29, 1.82) is 0 Å². The molecule has 0 aromatic carbocycles. The lowest BCUT2D eigenvalue weighted by atomic mass is 10.2. The molecule has 0 atom stereocenters. The molecule has 0 aliphatic carbocycles. The van der Waals surface area contributed by atoms with Gasteiger partial charge in [0.2, 0.25) is 0 Å². The topological polar surface area (TPSA) is 118 Å². The summed E-state index contributed by atoms with van der Waals surface area (Å²) in [4.78, 5) is 20.7. The third kappa shape index (κ3) is 4.37. The van der Waals surface area contributed by atoms with E-state index in [2.05, 4.69) is 0 Å². The van der Waals surface area contributed by atoms with Crippen LogP contribution >= 0.6 is 22.9 Å². The number of carboxylic acid groups (broad SMARTS) is 1. The third-order valence-electron chi connectivity index (χ3n) is 2.32. The molecular weight excluding hydrogens is 344 g/mol. The minimum Gasteiger partial charge on any atom is -0.480 e. The number of thiophene rings is 1. The van der Waals surface area contributed by atoms with Gasteiger partial charge in [0.15, 0.2) is 4.34 Å². The van der Waals surface area contributed by atoms with E-state index in [1.807, 2.05) is 0 Å². The number of rotatable bonds is 7.